The van der Waals surface area contributed by atoms with E-state index < -0.39 is 30.5 Å². The Hall–Kier alpha value is -3.01. The van der Waals surface area contributed by atoms with Gasteiger partial charge in [-0.15, -0.1) is 0 Å². The van der Waals surface area contributed by atoms with Gasteiger partial charge >= 0.3 is 0 Å². The highest BCUT2D eigenvalue weighted by Gasteiger charge is 2.48. The van der Waals surface area contributed by atoms with Crippen LogP contribution in [0.2, 0.25) is 0 Å². The molecule has 1 amide bonds. The van der Waals surface area contributed by atoms with Gasteiger partial charge in [-0.05, 0) is 16.7 Å². The molecule has 7 nitrogen and oxygen atoms in total. The van der Waals surface area contributed by atoms with E-state index in [1.807, 2.05) is 91.0 Å². The maximum Gasteiger partial charge on any atom is 0.217 e. The lowest BCUT2D eigenvalue weighted by Crippen LogP contribution is -2.66. The molecule has 1 saturated heterocycles. The molecule has 0 aromatic heterocycles. The summed E-state index contributed by atoms with van der Waals surface area (Å²) in [6, 6.07) is 29.2. The number of carbonyl (C=O) groups is 2. The first-order chi connectivity index (χ1) is 19.5. The van der Waals surface area contributed by atoms with Gasteiger partial charge in [-0.2, -0.15) is 0 Å². The van der Waals surface area contributed by atoms with E-state index in [4.69, 9.17) is 18.9 Å². The number of hydrogen-bond donors (Lipinski definition) is 1. The molecule has 0 saturated carbocycles. The van der Waals surface area contributed by atoms with Crippen LogP contribution in [0.1, 0.15) is 30.5 Å². The van der Waals surface area contributed by atoms with E-state index in [2.05, 4.69) is 5.32 Å². The molecule has 3 unspecified atom stereocenters. The first kappa shape index (κ1) is 30.0. The third-order valence-corrected chi connectivity index (χ3v) is 7.48. The van der Waals surface area contributed by atoms with E-state index >= 15 is 0 Å². The van der Waals surface area contributed by atoms with E-state index in [9.17, 15) is 9.59 Å². The molecule has 1 aliphatic heterocycles. The van der Waals surface area contributed by atoms with Crippen LogP contribution in [0.5, 0.6) is 0 Å². The van der Waals surface area contributed by atoms with Gasteiger partial charge in [0.1, 0.15) is 18.3 Å². The molecule has 3 aromatic rings. The molecule has 4 rings (SSSR count). The van der Waals surface area contributed by atoms with E-state index in [-0.39, 0.29) is 17.6 Å². The largest absolute Gasteiger partial charge is 0.374 e. The highest BCUT2D eigenvalue weighted by molar-refractivity contribution is 8.13. The Bertz CT molecular complexity index is 1180. The molecule has 1 heterocycles. The lowest BCUT2D eigenvalue weighted by molar-refractivity contribution is -0.228. The molecular weight excluding hydrogens is 526 g/mol. The lowest BCUT2D eigenvalue weighted by atomic mass is 9.92. The zero-order chi connectivity index (χ0) is 28.2. The van der Waals surface area contributed by atoms with Gasteiger partial charge in [0.2, 0.25) is 5.91 Å². The third-order valence-electron chi connectivity index (χ3n) is 6.58. The number of nitrogens with one attached hydrogen (secondary N) is 1. The maximum absolute atomic E-state index is 12.4. The molecule has 0 aliphatic carbocycles. The van der Waals surface area contributed by atoms with Crippen LogP contribution >= 0.6 is 11.8 Å². The summed E-state index contributed by atoms with van der Waals surface area (Å²) in [4.78, 5) is 24.2. The van der Waals surface area contributed by atoms with Crippen LogP contribution in [0.25, 0.3) is 0 Å². The second-order valence-electron chi connectivity index (χ2n) is 9.77. The van der Waals surface area contributed by atoms with Crippen molar-refractivity contribution >= 4 is 22.8 Å². The van der Waals surface area contributed by atoms with Crippen molar-refractivity contribution in [2.45, 2.75) is 64.1 Å². The molecule has 5 atom stereocenters. The lowest BCUT2D eigenvalue weighted by Gasteiger charge is -2.46. The summed E-state index contributed by atoms with van der Waals surface area (Å²) >= 11 is 1.17. The summed E-state index contributed by atoms with van der Waals surface area (Å²) in [5.41, 5.74) is 3.07. The predicted octanol–water partition coefficient (Wildman–Crippen LogP) is 4.93. The van der Waals surface area contributed by atoms with Crippen LogP contribution < -0.4 is 5.32 Å². The van der Waals surface area contributed by atoms with Gasteiger partial charge in [0, 0.05) is 19.6 Å². The van der Waals surface area contributed by atoms with Crippen LogP contribution in [0, 0.1) is 0 Å². The van der Waals surface area contributed by atoms with Crippen molar-refractivity contribution in [3.63, 3.8) is 0 Å². The molecular formula is C32H37NO6S. The van der Waals surface area contributed by atoms with Crippen molar-refractivity contribution in [2.24, 2.45) is 0 Å². The van der Waals surface area contributed by atoms with Crippen LogP contribution in [0.3, 0.4) is 0 Å². The smallest absolute Gasteiger partial charge is 0.217 e. The molecule has 1 fully saturated rings. The number of benzene rings is 3. The first-order valence-electron chi connectivity index (χ1n) is 13.5. The standard InChI is InChI=1S/C32H37NO6S/c1-23(34)33-30-29(22-40-24(2)35)39-28(21-36-18-25-12-6-3-7-13-25)31(37-19-26-14-8-4-9-15-26)32(30)38-20-27-16-10-5-11-17-27/h3-17,28-32H,18-22H2,1-2H3,(H,33,34)/t28?,29?,30?,31-,32+/m0/s1. The van der Waals surface area contributed by atoms with Gasteiger partial charge in [-0.25, -0.2) is 0 Å². The van der Waals surface area contributed by atoms with Gasteiger partial charge in [-0.3, -0.25) is 9.59 Å². The van der Waals surface area contributed by atoms with Crippen molar-refractivity contribution in [3.8, 4) is 0 Å². The summed E-state index contributed by atoms with van der Waals surface area (Å²) < 4.78 is 25.7. The molecule has 0 bridgehead atoms. The number of hydrogen-bond acceptors (Lipinski definition) is 7. The van der Waals surface area contributed by atoms with E-state index in [0.717, 1.165) is 16.7 Å². The zero-order valence-corrected chi connectivity index (χ0v) is 23.8. The molecule has 0 spiro atoms. The summed E-state index contributed by atoms with van der Waals surface area (Å²) in [6.45, 7) is 4.35. The molecule has 40 heavy (non-hydrogen) atoms. The second-order valence-corrected chi connectivity index (χ2v) is 11.0. The number of ether oxygens (including phenoxy) is 4. The van der Waals surface area contributed by atoms with E-state index in [1.165, 1.54) is 25.6 Å². The third kappa shape index (κ3) is 9.28. The first-order valence-corrected chi connectivity index (χ1v) is 14.5. The fraction of sp³-hybridized carbons (Fsp3) is 0.375. The fourth-order valence-corrected chi connectivity index (χ4v) is 5.39. The Balaban J connectivity index is 1.60. The minimum atomic E-state index is -0.551. The second kappa shape index (κ2) is 15.7. The van der Waals surface area contributed by atoms with Gasteiger partial charge in [0.25, 0.3) is 0 Å². The Morgan fingerprint density at radius 2 is 1.23 bits per heavy atom. The van der Waals surface area contributed by atoms with Crippen molar-refractivity contribution in [1.82, 2.24) is 5.32 Å². The highest BCUT2D eigenvalue weighted by Crippen LogP contribution is 2.30. The van der Waals surface area contributed by atoms with Crippen LogP contribution in [0.15, 0.2) is 91.0 Å². The van der Waals surface area contributed by atoms with E-state index in [0.29, 0.717) is 25.6 Å². The van der Waals surface area contributed by atoms with Crippen molar-refractivity contribution < 1.29 is 28.5 Å². The Kier molecular flexibility index (Phi) is 11.8. The topological polar surface area (TPSA) is 83.1 Å². The number of rotatable bonds is 13. The Morgan fingerprint density at radius 3 is 1.73 bits per heavy atom. The molecule has 1 aliphatic rings. The molecule has 0 radical (unpaired) electrons. The summed E-state index contributed by atoms with van der Waals surface area (Å²) in [6.07, 6.45) is -2.07. The Morgan fingerprint density at radius 1 is 0.725 bits per heavy atom. The average molecular weight is 564 g/mol. The van der Waals surface area contributed by atoms with Gasteiger partial charge in [0.05, 0.1) is 38.6 Å². The average Bonchev–Trinajstić information content (AvgIpc) is 2.96. The quantitative estimate of drug-likeness (QED) is 0.316. The molecule has 3 aromatic carbocycles. The number of amides is 1. The SMILES string of the molecule is CC(=O)NC1C(CSC(C)=O)OC(COCc2ccccc2)[C@H](OCc2ccccc2)[C@@H]1OCc1ccccc1. The van der Waals surface area contributed by atoms with Gasteiger partial charge in [0.15, 0.2) is 5.12 Å². The van der Waals surface area contributed by atoms with Crippen LogP contribution in [0.4, 0.5) is 0 Å². The highest BCUT2D eigenvalue weighted by atomic mass is 32.2. The van der Waals surface area contributed by atoms with Crippen molar-refractivity contribution in [1.29, 1.82) is 0 Å². The van der Waals surface area contributed by atoms with Crippen LogP contribution in [-0.4, -0.2) is 53.8 Å². The summed E-state index contributed by atoms with van der Waals surface area (Å²) in [7, 11) is 0. The monoisotopic (exact) mass is 563 g/mol. The minimum absolute atomic E-state index is 0.0220. The minimum Gasteiger partial charge on any atom is -0.374 e. The number of carbonyl (C=O) groups excluding carboxylic acids is 2. The van der Waals surface area contributed by atoms with Crippen LogP contribution in [-0.2, 0) is 48.4 Å². The number of thioether (sulfide) groups is 1. The van der Waals surface area contributed by atoms with Gasteiger partial charge < -0.3 is 24.3 Å². The van der Waals surface area contributed by atoms with Crippen molar-refractivity contribution in [2.75, 3.05) is 12.4 Å². The van der Waals surface area contributed by atoms with Gasteiger partial charge in [-0.1, -0.05) is 103 Å². The molecule has 212 valence electrons. The van der Waals surface area contributed by atoms with Crippen molar-refractivity contribution in [3.05, 3.63) is 108 Å². The summed E-state index contributed by atoms with van der Waals surface area (Å²) in [5.74, 6) is 0.159. The zero-order valence-electron chi connectivity index (χ0n) is 22.9. The normalized spacial score (nSPS) is 22.5. The summed E-state index contributed by atoms with van der Waals surface area (Å²) in [5, 5.41) is 3.02. The predicted molar refractivity (Wildman–Crippen MR) is 156 cm³/mol. The Labute approximate surface area is 240 Å². The van der Waals surface area contributed by atoms with E-state index in [1.54, 1.807) is 0 Å². The molecule has 1 N–H and O–H groups in total. The maximum atomic E-state index is 12.4. The fourth-order valence-electron chi connectivity index (χ4n) is 4.70. The molecule has 8 heteroatoms.